The monoisotopic (exact) mass is 269 g/mol. The molecule has 1 aliphatic carbocycles. The van der Waals surface area contributed by atoms with Crippen LogP contribution in [0.5, 0.6) is 0 Å². The Kier molecular flexibility index (Phi) is 3.64. The summed E-state index contributed by atoms with van der Waals surface area (Å²) in [5, 5.41) is 12.9. The van der Waals surface area contributed by atoms with Crippen LogP contribution in [0.1, 0.15) is 43.2 Å². The van der Waals surface area contributed by atoms with E-state index in [9.17, 15) is 9.90 Å². The number of carbonyl (C=O) groups is 1. The third-order valence-electron chi connectivity index (χ3n) is 2.80. The standard InChI is InChI=1S/C13H19NO3S/c1-13(2,3)17-12(16)14-11-9(7-15)8-5-4-6-10(8)18-11/h15H,4-7H2,1-3H3,(H,14,16). The Bertz CT molecular complexity index is 460. The molecule has 0 bridgehead atoms. The molecule has 100 valence electrons. The summed E-state index contributed by atoms with van der Waals surface area (Å²) in [4.78, 5) is 13.0. The molecule has 1 aliphatic rings. The number of rotatable bonds is 2. The molecule has 2 N–H and O–H groups in total. The maximum atomic E-state index is 11.7. The Morgan fingerprint density at radius 3 is 2.78 bits per heavy atom. The number of ether oxygens (including phenoxy) is 1. The predicted octanol–water partition coefficient (Wildman–Crippen LogP) is 3.08. The molecule has 1 aromatic rings. The van der Waals surface area contributed by atoms with Gasteiger partial charge in [-0.15, -0.1) is 11.3 Å². The number of fused-ring (bicyclic) bond motifs is 1. The van der Waals surface area contributed by atoms with Gasteiger partial charge in [-0.3, -0.25) is 5.32 Å². The molecule has 0 atom stereocenters. The first-order valence-corrected chi connectivity index (χ1v) is 6.96. The molecule has 0 radical (unpaired) electrons. The summed E-state index contributed by atoms with van der Waals surface area (Å²) >= 11 is 1.56. The number of aliphatic hydroxyl groups is 1. The van der Waals surface area contributed by atoms with Gasteiger partial charge >= 0.3 is 6.09 Å². The molecule has 1 heterocycles. The second kappa shape index (κ2) is 4.90. The lowest BCUT2D eigenvalue weighted by atomic mass is 10.1. The zero-order valence-corrected chi connectivity index (χ0v) is 11.8. The van der Waals surface area contributed by atoms with Crippen LogP contribution < -0.4 is 5.32 Å². The highest BCUT2D eigenvalue weighted by atomic mass is 32.1. The Morgan fingerprint density at radius 1 is 1.44 bits per heavy atom. The van der Waals surface area contributed by atoms with Crippen molar-refractivity contribution >= 4 is 22.4 Å². The third-order valence-corrected chi connectivity index (χ3v) is 4.05. The van der Waals surface area contributed by atoms with Crippen LogP contribution in [-0.2, 0) is 24.2 Å². The molecule has 0 saturated carbocycles. The minimum absolute atomic E-state index is 0.0308. The smallest absolute Gasteiger partial charge is 0.412 e. The molecular weight excluding hydrogens is 250 g/mol. The van der Waals surface area contributed by atoms with Crippen molar-refractivity contribution in [3.05, 3.63) is 16.0 Å². The van der Waals surface area contributed by atoms with Gasteiger partial charge in [0.2, 0.25) is 0 Å². The van der Waals surface area contributed by atoms with Gasteiger partial charge in [-0.1, -0.05) is 0 Å². The van der Waals surface area contributed by atoms with Crippen molar-refractivity contribution < 1.29 is 14.6 Å². The zero-order valence-electron chi connectivity index (χ0n) is 11.0. The van der Waals surface area contributed by atoms with E-state index in [1.807, 2.05) is 20.8 Å². The van der Waals surface area contributed by atoms with Gasteiger partial charge in [0.15, 0.2) is 0 Å². The van der Waals surface area contributed by atoms with Gasteiger partial charge in [0, 0.05) is 10.4 Å². The van der Waals surface area contributed by atoms with Crippen LogP contribution in [0, 0.1) is 0 Å². The third kappa shape index (κ3) is 2.84. The molecule has 5 heteroatoms. The molecule has 0 aromatic carbocycles. The molecule has 0 spiro atoms. The van der Waals surface area contributed by atoms with Gasteiger partial charge in [0.1, 0.15) is 10.6 Å². The second-order valence-electron chi connectivity index (χ2n) is 5.45. The first kappa shape index (κ1) is 13.4. The van der Waals surface area contributed by atoms with Crippen molar-refractivity contribution in [2.24, 2.45) is 0 Å². The van der Waals surface area contributed by atoms with E-state index in [1.54, 1.807) is 11.3 Å². The first-order chi connectivity index (χ1) is 8.40. The summed E-state index contributed by atoms with van der Waals surface area (Å²) in [6.45, 7) is 5.45. The number of aliphatic hydroxyl groups excluding tert-OH is 1. The number of amides is 1. The molecule has 1 aromatic heterocycles. The summed E-state index contributed by atoms with van der Waals surface area (Å²) in [5.74, 6) is 0. The number of anilines is 1. The summed E-state index contributed by atoms with van der Waals surface area (Å²) < 4.78 is 5.22. The number of carbonyl (C=O) groups excluding carboxylic acids is 1. The Hall–Kier alpha value is -1.07. The lowest BCUT2D eigenvalue weighted by molar-refractivity contribution is 0.0636. The fourth-order valence-electron chi connectivity index (χ4n) is 2.13. The van der Waals surface area contributed by atoms with Crippen molar-refractivity contribution in [3.63, 3.8) is 0 Å². The number of hydrogen-bond acceptors (Lipinski definition) is 4. The predicted molar refractivity (Wildman–Crippen MR) is 72.1 cm³/mol. The average Bonchev–Trinajstić information content (AvgIpc) is 2.73. The van der Waals surface area contributed by atoms with Crippen LogP contribution in [-0.4, -0.2) is 16.8 Å². The van der Waals surface area contributed by atoms with Crippen molar-refractivity contribution in [3.8, 4) is 0 Å². The lowest BCUT2D eigenvalue weighted by Gasteiger charge is -2.19. The quantitative estimate of drug-likeness (QED) is 0.867. The van der Waals surface area contributed by atoms with E-state index in [4.69, 9.17) is 4.74 Å². The minimum atomic E-state index is -0.510. The molecule has 2 rings (SSSR count). The Labute approximate surface area is 111 Å². The molecule has 0 unspecified atom stereocenters. The summed E-state index contributed by atoms with van der Waals surface area (Å²) in [6.07, 6.45) is 2.72. The van der Waals surface area contributed by atoms with Crippen LogP contribution >= 0.6 is 11.3 Å². The van der Waals surface area contributed by atoms with Gasteiger partial charge < -0.3 is 9.84 Å². The van der Waals surface area contributed by atoms with Crippen LogP contribution in [0.4, 0.5) is 9.80 Å². The van der Waals surface area contributed by atoms with E-state index in [-0.39, 0.29) is 6.61 Å². The van der Waals surface area contributed by atoms with Crippen molar-refractivity contribution in [1.29, 1.82) is 0 Å². The van der Waals surface area contributed by atoms with E-state index >= 15 is 0 Å². The maximum absolute atomic E-state index is 11.7. The SMILES string of the molecule is CC(C)(C)OC(=O)Nc1sc2c(c1CO)CCC2. The van der Waals surface area contributed by atoms with Crippen molar-refractivity contribution in [2.75, 3.05) is 5.32 Å². The van der Waals surface area contributed by atoms with Crippen LogP contribution in [0.15, 0.2) is 0 Å². The topological polar surface area (TPSA) is 58.6 Å². The molecule has 0 saturated heterocycles. The number of nitrogens with one attached hydrogen (secondary N) is 1. The van der Waals surface area contributed by atoms with Gasteiger partial charge in [0.25, 0.3) is 0 Å². The Morgan fingerprint density at radius 2 is 2.17 bits per heavy atom. The van der Waals surface area contributed by atoms with Crippen LogP contribution in [0.25, 0.3) is 0 Å². The summed E-state index contributed by atoms with van der Waals surface area (Å²) in [5.41, 5.74) is 1.57. The molecule has 0 aliphatic heterocycles. The van der Waals surface area contributed by atoms with E-state index in [2.05, 4.69) is 5.32 Å². The van der Waals surface area contributed by atoms with Gasteiger partial charge in [0.05, 0.1) is 6.61 Å². The highest BCUT2D eigenvalue weighted by Gasteiger charge is 2.24. The fourth-order valence-corrected chi connectivity index (χ4v) is 3.42. The van der Waals surface area contributed by atoms with E-state index < -0.39 is 11.7 Å². The van der Waals surface area contributed by atoms with E-state index in [1.165, 1.54) is 10.4 Å². The first-order valence-electron chi connectivity index (χ1n) is 6.15. The maximum Gasteiger partial charge on any atom is 0.412 e. The molecule has 4 nitrogen and oxygen atoms in total. The summed E-state index contributed by atoms with van der Waals surface area (Å²) in [6, 6.07) is 0. The van der Waals surface area contributed by atoms with Crippen LogP contribution in [0.2, 0.25) is 0 Å². The summed E-state index contributed by atoms with van der Waals surface area (Å²) in [7, 11) is 0. The Balaban J connectivity index is 2.13. The highest BCUT2D eigenvalue weighted by molar-refractivity contribution is 7.16. The minimum Gasteiger partial charge on any atom is -0.444 e. The van der Waals surface area contributed by atoms with Crippen LogP contribution in [0.3, 0.4) is 0 Å². The molecule has 18 heavy (non-hydrogen) atoms. The number of hydrogen-bond donors (Lipinski definition) is 2. The van der Waals surface area contributed by atoms with E-state index in [0.717, 1.165) is 29.8 Å². The molecule has 1 amide bonds. The highest BCUT2D eigenvalue weighted by Crippen LogP contribution is 2.39. The van der Waals surface area contributed by atoms with Crippen molar-refractivity contribution in [2.45, 2.75) is 52.2 Å². The lowest BCUT2D eigenvalue weighted by Crippen LogP contribution is -2.27. The number of thiophene rings is 1. The molecule has 0 fully saturated rings. The normalized spacial score (nSPS) is 14.4. The number of aryl methyl sites for hydroxylation is 1. The average molecular weight is 269 g/mol. The van der Waals surface area contributed by atoms with Gasteiger partial charge in [-0.25, -0.2) is 4.79 Å². The second-order valence-corrected chi connectivity index (χ2v) is 6.56. The largest absolute Gasteiger partial charge is 0.444 e. The van der Waals surface area contributed by atoms with Crippen molar-refractivity contribution in [1.82, 2.24) is 0 Å². The van der Waals surface area contributed by atoms with E-state index in [0.29, 0.717) is 0 Å². The van der Waals surface area contributed by atoms with Gasteiger partial charge in [-0.2, -0.15) is 0 Å². The fraction of sp³-hybridized carbons (Fsp3) is 0.615. The van der Waals surface area contributed by atoms with Gasteiger partial charge in [-0.05, 0) is 45.6 Å². The zero-order chi connectivity index (χ0) is 13.3. The molecular formula is C13H19NO3S.